The number of nitrogens with zero attached hydrogens (tertiary/aromatic N) is 2. The minimum absolute atomic E-state index is 0.0471. The van der Waals surface area contributed by atoms with Crippen LogP contribution in [0.25, 0.3) is 11.3 Å². The number of aromatic nitrogens is 2. The van der Waals surface area contributed by atoms with Crippen LogP contribution in [0, 0.1) is 0 Å². The number of anilines is 2. The van der Waals surface area contributed by atoms with E-state index in [1.807, 2.05) is 55.5 Å². The highest BCUT2D eigenvalue weighted by atomic mass is 35.5. The van der Waals surface area contributed by atoms with E-state index in [-0.39, 0.29) is 11.9 Å². The number of hydrogen-bond donors (Lipinski definition) is 3. The van der Waals surface area contributed by atoms with Crippen LogP contribution < -0.4 is 16.0 Å². The third-order valence-corrected chi connectivity index (χ3v) is 4.96. The highest BCUT2D eigenvalue weighted by molar-refractivity contribution is 6.33. The maximum Gasteiger partial charge on any atom is 0.237 e. The molecule has 3 N–H and O–H groups in total. The number of benzene rings is 2. The lowest BCUT2D eigenvalue weighted by molar-refractivity contribution is -0.122. The van der Waals surface area contributed by atoms with E-state index in [0.717, 1.165) is 28.1 Å². The van der Waals surface area contributed by atoms with Crippen molar-refractivity contribution in [3.05, 3.63) is 70.9 Å². The van der Waals surface area contributed by atoms with Gasteiger partial charge in [-0.25, -0.2) is 9.97 Å². The molecular formula is C21H20ClN5O. The van der Waals surface area contributed by atoms with E-state index in [9.17, 15) is 4.79 Å². The molecule has 2 heterocycles. The van der Waals surface area contributed by atoms with Gasteiger partial charge in [0.2, 0.25) is 11.9 Å². The molecule has 142 valence electrons. The molecule has 1 amide bonds. The molecule has 1 aliphatic rings. The maximum atomic E-state index is 12.4. The molecule has 0 saturated carbocycles. The molecule has 6 nitrogen and oxygen atoms in total. The minimum Gasteiger partial charge on any atom is -0.351 e. The summed E-state index contributed by atoms with van der Waals surface area (Å²) in [6.45, 7) is 2.85. The highest BCUT2D eigenvalue weighted by Crippen LogP contribution is 2.27. The number of carbonyl (C=O) groups is 1. The Kier molecular flexibility index (Phi) is 5.23. The van der Waals surface area contributed by atoms with Gasteiger partial charge in [-0.1, -0.05) is 35.9 Å². The summed E-state index contributed by atoms with van der Waals surface area (Å²) in [6, 6.07) is 15.2. The lowest BCUT2D eigenvalue weighted by atomic mass is 10.1. The quantitative estimate of drug-likeness (QED) is 0.543. The van der Waals surface area contributed by atoms with Gasteiger partial charge in [0.15, 0.2) is 0 Å². The Morgan fingerprint density at radius 2 is 1.93 bits per heavy atom. The predicted molar refractivity (Wildman–Crippen MR) is 110 cm³/mol. The summed E-state index contributed by atoms with van der Waals surface area (Å²) >= 11 is 6.34. The normalized spacial score (nSPS) is 16.8. The van der Waals surface area contributed by atoms with E-state index >= 15 is 0 Å². The van der Waals surface area contributed by atoms with Crippen molar-refractivity contribution in [2.24, 2.45) is 0 Å². The summed E-state index contributed by atoms with van der Waals surface area (Å²) in [5.41, 5.74) is 4.47. The standard InChI is InChI=1S/C21H20ClN5O/c1-13-20(28)25-12-14-3-2-4-16(9-14)18-7-8-23-21(26-18)27-19-10-15(11-24-13)5-6-17(19)22/h2-10,13,24H,11-12H2,1H3,(H,25,28)(H,23,26,27)/t13-/m0/s1. The second kappa shape index (κ2) is 7.96. The van der Waals surface area contributed by atoms with Crippen LogP contribution in [0.2, 0.25) is 5.02 Å². The second-order valence-corrected chi connectivity index (χ2v) is 7.13. The molecule has 7 heteroatoms. The first-order valence-corrected chi connectivity index (χ1v) is 9.45. The summed E-state index contributed by atoms with van der Waals surface area (Å²) in [7, 11) is 0. The van der Waals surface area contributed by atoms with Crippen molar-refractivity contribution >= 4 is 29.1 Å². The van der Waals surface area contributed by atoms with Crippen molar-refractivity contribution in [3.63, 3.8) is 0 Å². The first-order valence-electron chi connectivity index (χ1n) is 9.07. The predicted octanol–water partition coefficient (Wildman–Crippen LogP) is 3.65. The van der Waals surface area contributed by atoms with Gasteiger partial charge in [0.05, 0.1) is 22.4 Å². The summed E-state index contributed by atoms with van der Waals surface area (Å²) < 4.78 is 0. The number of nitrogens with one attached hydrogen (secondary N) is 3. The maximum absolute atomic E-state index is 12.4. The Labute approximate surface area is 168 Å². The Bertz CT molecular complexity index is 1020. The third kappa shape index (κ3) is 4.13. The fourth-order valence-electron chi connectivity index (χ4n) is 3.02. The molecule has 28 heavy (non-hydrogen) atoms. The van der Waals surface area contributed by atoms with E-state index < -0.39 is 0 Å². The van der Waals surface area contributed by atoms with E-state index in [4.69, 9.17) is 11.6 Å². The Morgan fingerprint density at radius 3 is 2.82 bits per heavy atom. The van der Waals surface area contributed by atoms with Crippen LogP contribution in [0.5, 0.6) is 0 Å². The van der Waals surface area contributed by atoms with Gasteiger partial charge in [0, 0.05) is 24.8 Å². The third-order valence-electron chi connectivity index (χ3n) is 4.63. The van der Waals surface area contributed by atoms with Crippen molar-refractivity contribution in [1.82, 2.24) is 20.6 Å². The molecule has 1 atom stereocenters. The molecular weight excluding hydrogens is 374 g/mol. The van der Waals surface area contributed by atoms with Gasteiger partial charge in [-0.05, 0) is 42.3 Å². The lowest BCUT2D eigenvalue weighted by Crippen LogP contribution is -2.41. The fraction of sp³-hybridized carbons (Fsp3) is 0.190. The van der Waals surface area contributed by atoms with Gasteiger partial charge >= 0.3 is 0 Å². The van der Waals surface area contributed by atoms with Crippen LogP contribution in [0.4, 0.5) is 11.6 Å². The lowest BCUT2D eigenvalue weighted by Gasteiger charge is -2.16. The molecule has 3 aromatic rings. The molecule has 6 bridgehead atoms. The Balaban J connectivity index is 1.76. The summed E-state index contributed by atoms with van der Waals surface area (Å²) in [5, 5.41) is 9.99. The van der Waals surface area contributed by atoms with Crippen molar-refractivity contribution in [2.45, 2.75) is 26.1 Å². The Hall–Kier alpha value is -2.96. The monoisotopic (exact) mass is 393 g/mol. The fourth-order valence-corrected chi connectivity index (χ4v) is 3.19. The molecule has 1 aliphatic heterocycles. The van der Waals surface area contributed by atoms with Crippen LogP contribution in [-0.4, -0.2) is 21.9 Å². The topological polar surface area (TPSA) is 78.9 Å². The highest BCUT2D eigenvalue weighted by Gasteiger charge is 2.13. The summed E-state index contributed by atoms with van der Waals surface area (Å²) in [4.78, 5) is 21.3. The molecule has 0 radical (unpaired) electrons. The summed E-state index contributed by atoms with van der Waals surface area (Å²) in [5.74, 6) is 0.429. The van der Waals surface area contributed by atoms with Crippen molar-refractivity contribution in [3.8, 4) is 11.3 Å². The van der Waals surface area contributed by atoms with Gasteiger partial charge in [0.25, 0.3) is 0 Å². The molecule has 0 spiro atoms. The van der Waals surface area contributed by atoms with Crippen LogP contribution in [0.15, 0.2) is 54.7 Å². The van der Waals surface area contributed by atoms with E-state index in [1.54, 1.807) is 6.20 Å². The zero-order valence-electron chi connectivity index (χ0n) is 15.4. The van der Waals surface area contributed by atoms with E-state index in [2.05, 4.69) is 25.9 Å². The van der Waals surface area contributed by atoms with Gasteiger partial charge < -0.3 is 16.0 Å². The number of amides is 1. The molecule has 4 rings (SSSR count). The minimum atomic E-state index is -0.320. The largest absolute Gasteiger partial charge is 0.351 e. The molecule has 2 aromatic carbocycles. The first-order chi connectivity index (χ1) is 13.6. The number of halogens is 1. The van der Waals surface area contributed by atoms with Crippen LogP contribution in [0.1, 0.15) is 18.1 Å². The van der Waals surface area contributed by atoms with Gasteiger partial charge in [0.1, 0.15) is 0 Å². The van der Waals surface area contributed by atoms with Crippen LogP contribution >= 0.6 is 11.6 Å². The average molecular weight is 394 g/mol. The van der Waals surface area contributed by atoms with Crippen LogP contribution in [0.3, 0.4) is 0 Å². The number of hydrogen-bond acceptors (Lipinski definition) is 5. The molecule has 1 aromatic heterocycles. The zero-order valence-corrected chi connectivity index (χ0v) is 16.1. The molecule has 0 fully saturated rings. The zero-order chi connectivity index (χ0) is 19.5. The van der Waals surface area contributed by atoms with Gasteiger partial charge in [-0.2, -0.15) is 0 Å². The number of rotatable bonds is 0. The van der Waals surface area contributed by atoms with Crippen molar-refractivity contribution < 1.29 is 4.79 Å². The van der Waals surface area contributed by atoms with Gasteiger partial charge in [-0.3, -0.25) is 4.79 Å². The molecule has 0 aliphatic carbocycles. The van der Waals surface area contributed by atoms with E-state index in [1.165, 1.54) is 0 Å². The smallest absolute Gasteiger partial charge is 0.237 e. The average Bonchev–Trinajstić information content (AvgIpc) is 2.72. The van der Waals surface area contributed by atoms with Gasteiger partial charge in [-0.15, -0.1) is 0 Å². The summed E-state index contributed by atoms with van der Waals surface area (Å²) in [6.07, 6.45) is 1.71. The SMILES string of the molecule is C[C@@H]1NCc2ccc(Cl)c(c2)Nc2nccc(n2)-c2cccc(c2)CNC1=O. The van der Waals surface area contributed by atoms with Crippen LogP contribution in [-0.2, 0) is 17.9 Å². The number of carbonyl (C=O) groups excluding carboxylic acids is 1. The van der Waals surface area contributed by atoms with Crippen molar-refractivity contribution in [2.75, 3.05) is 5.32 Å². The second-order valence-electron chi connectivity index (χ2n) is 6.73. The molecule has 0 saturated heterocycles. The Morgan fingerprint density at radius 1 is 1.07 bits per heavy atom. The van der Waals surface area contributed by atoms with Crippen molar-refractivity contribution in [1.29, 1.82) is 0 Å². The molecule has 0 unspecified atom stereocenters. The first kappa shape index (κ1) is 18.4. The van der Waals surface area contributed by atoms with E-state index in [0.29, 0.717) is 24.1 Å². The number of fused-ring (bicyclic) bond motifs is 7.